The van der Waals surface area contributed by atoms with E-state index in [1.54, 1.807) is 0 Å². The molecule has 5 nitrogen and oxygen atoms in total. The second-order valence-electron chi connectivity index (χ2n) is 17.2. The minimum absolute atomic E-state index is 0.592. The summed E-state index contributed by atoms with van der Waals surface area (Å²) in [5.41, 5.74) is 16.0. The second kappa shape index (κ2) is 16.4. The van der Waals surface area contributed by atoms with Crippen LogP contribution in [0, 0.1) is 0 Å². The SMILES string of the molecule is c1ccc(-c2ccc(-c3nc(-c4cccc(-c5ccccc5)c4)nc(-c4cc(-n5c6ccccc6c6ccc(-n7c8ccccc8c8ccccc87)cc65)ccc4-c4ccccc4)n3)cc2)cc1. The molecule has 0 aliphatic carbocycles. The molecule has 0 aliphatic heterocycles. The minimum Gasteiger partial charge on any atom is -0.309 e. The first-order valence-corrected chi connectivity index (χ1v) is 23.0. The van der Waals surface area contributed by atoms with Crippen LogP contribution in [0.25, 0.3) is 123 Å². The number of benzene rings is 10. The molecule has 318 valence electrons. The van der Waals surface area contributed by atoms with Crippen molar-refractivity contribution in [2.75, 3.05) is 0 Å². The first-order valence-electron chi connectivity index (χ1n) is 23.0. The van der Waals surface area contributed by atoms with E-state index in [0.29, 0.717) is 17.5 Å². The van der Waals surface area contributed by atoms with E-state index in [0.717, 1.165) is 72.5 Å². The van der Waals surface area contributed by atoms with Gasteiger partial charge < -0.3 is 9.13 Å². The first kappa shape index (κ1) is 39.2. The summed E-state index contributed by atoms with van der Waals surface area (Å²) < 4.78 is 4.79. The Balaban J connectivity index is 1.04. The Bertz CT molecular complexity index is 3950. The van der Waals surface area contributed by atoms with Gasteiger partial charge in [-0.2, -0.15) is 0 Å². The third-order valence-corrected chi connectivity index (χ3v) is 13.2. The topological polar surface area (TPSA) is 48.5 Å². The Kier molecular flexibility index (Phi) is 9.43. The van der Waals surface area contributed by atoms with Gasteiger partial charge in [-0.05, 0) is 81.9 Å². The molecule has 0 radical (unpaired) electrons. The molecule has 10 aromatic carbocycles. The van der Waals surface area contributed by atoms with E-state index < -0.39 is 0 Å². The lowest BCUT2D eigenvalue weighted by Gasteiger charge is -2.16. The molecule has 13 aromatic rings. The number of hydrogen-bond acceptors (Lipinski definition) is 3. The van der Waals surface area contributed by atoms with Crippen molar-refractivity contribution in [1.82, 2.24) is 24.1 Å². The van der Waals surface area contributed by atoms with E-state index in [-0.39, 0.29) is 0 Å². The zero-order valence-electron chi connectivity index (χ0n) is 36.9. The first-order chi connectivity index (χ1) is 33.7. The van der Waals surface area contributed by atoms with Gasteiger partial charge in [-0.15, -0.1) is 0 Å². The maximum Gasteiger partial charge on any atom is 0.164 e. The van der Waals surface area contributed by atoms with Crippen LogP contribution in [0.4, 0.5) is 0 Å². The molecule has 3 heterocycles. The number of para-hydroxylation sites is 3. The van der Waals surface area contributed by atoms with Gasteiger partial charge >= 0.3 is 0 Å². The van der Waals surface area contributed by atoms with Crippen LogP contribution in [-0.2, 0) is 0 Å². The number of hydrogen-bond donors (Lipinski definition) is 0. The van der Waals surface area contributed by atoms with Gasteiger partial charge in [0.05, 0.1) is 22.1 Å². The van der Waals surface area contributed by atoms with E-state index >= 15 is 0 Å². The molecular formula is C63H41N5. The average molecular weight is 868 g/mol. The largest absolute Gasteiger partial charge is 0.309 e. The monoisotopic (exact) mass is 867 g/mol. The van der Waals surface area contributed by atoms with E-state index in [1.165, 1.54) is 32.6 Å². The summed E-state index contributed by atoms with van der Waals surface area (Å²) in [4.78, 5) is 16.0. The Morgan fingerprint density at radius 2 is 0.632 bits per heavy atom. The lowest BCUT2D eigenvalue weighted by Crippen LogP contribution is -2.03. The van der Waals surface area contributed by atoms with Crippen LogP contribution in [0.1, 0.15) is 0 Å². The standard InChI is InChI=1S/C63H41N5/c1-4-17-42(18-5-1)44-31-33-46(34-32-44)61-64-62(48-24-16-23-47(39-48)43-19-6-2-7-20-43)66-63(65-61)56-40-49(35-37-51(56)45-21-8-3-9-22-45)68-59-30-15-12-27-54(59)55-38-36-50(41-60(55)68)67-57-28-13-10-25-52(57)53-26-11-14-29-58(53)67/h1-41H. The van der Waals surface area contributed by atoms with Crippen LogP contribution in [0.5, 0.6) is 0 Å². The third kappa shape index (κ3) is 6.76. The molecular weight excluding hydrogens is 827 g/mol. The van der Waals surface area contributed by atoms with Gasteiger partial charge in [0.2, 0.25) is 0 Å². The summed E-state index contributed by atoms with van der Waals surface area (Å²) in [5.74, 6) is 1.80. The molecule has 0 amide bonds. The van der Waals surface area contributed by atoms with Gasteiger partial charge in [0.25, 0.3) is 0 Å². The van der Waals surface area contributed by atoms with E-state index in [2.05, 4.69) is 246 Å². The summed E-state index contributed by atoms with van der Waals surface area (Å²) in [6, 6.07) is 88.2. The highest BCUT2D eigenvalue weighted by molar-refractivity contribution is 6.12. The Labute approximate surface area is 393 Å². The molecule has 0 spiro atoms. The molecule has 0 N–H and O–H groups in total. The minimum atomic E-state index is 0.592. The van der Waals surface area contributed by atoms with Gasteiger partial charge in [-0.25, -0.2) is 15.0 Å². The van der Waals surface area contributed by atoms with Crippen LogP contribution < -0.4 is 0 Å². The van der Waals surface area contributed by atoms with Gasteiger partial charge in [-0.1, -0.05) is 200 Å². The molecule has 0 bridgehead atoms. The van der Waals surface area contributed by atoms with Gasteiger partial charge in [0, 0.05) is 49.6 Å². The van der Waals surface area contributed by atoms with Gasteiger partial charge in [0.1, 0.15) is 0 Å². The average Bonchev–Trinajstić information content (AvgIpc) is 3.94. The van der Waals surface area contributed by atoms with Crippen molar-refractivity contribution >= 4 is 43.6 Å². The third-order valence-electron chi connectivity index (χ3n) is 13.2. The quantitative estimate of drug-likeness (QED) is 0.153. The van der Waals surface area contributed by atoms with Crippen LogP contribution in [0.2, 0.25) is 0 Å². The van der Waals surface area contributed by atoms with Crippen LogP contribution in [0.15, 0.2) is 249 Å². The number of rotatable bonds is 8. The fraction of sp³-hybridized carbons (Fsp3) is 0. The summed E-state index contributed by atoms with van der Waals surface area (Å²) in [7, 11) is 0. The summed E-state index contributed by atoms with van der Waals surface area (Å²) in [5, 5.41) is 4.84. The highest BCUT2D eigenvalue weighted by Gasteiger charge is 2.21. The highest BCUT2D eigenvalue weighted by atomic mass is 15.0. The molecule has 68 heavy (non-hydrogen) atoms. The van der Waals surface area contributed by atoms with Crippen molar-refractivity contribution < 1.29 is 0 Å². The Hall–Kier alpha value is -9.19. The molecule has 0 fully saturated rings. The maximum atomic E-state index is 5.40. The Morgan fingerprint density at radius 3 is 1.25 bits per heavy atom. The molecule has 0 atom stereocenters. The molecule has 0 aliphatic rings. The summed E-state index contributed by atoms with van der Waals surface area (Å²) >= 11 is 0. The zero-order valence-corrected chi connectivity index (χ0v) is 36.9. The van der Waals surface area contributed by atoms with Gasteiger partial charge in [-0.3, -0.25) is 0 Å². The fourth-order valence-corrected chi connectivity index (χ4v) is 9.97. The van der Waals surface area contributed by atoms with Crippen LogP contribution in [-0.4, -0.2) is 24.1 Å². The maximum absolute atomic E-state index is 5.40. The van der Waals surface area contributed by atoms with Crippen LogP contribution in [0.3, 0.4) is 0 Å². The predicted octanol–water partition coefficient (Wildman–Crippen LogP) is 16.1. The lowest BCUT2D eigenvalue weighted by molar-refractivity contribution is 1.07. The molecule has 13 rings (SSSR count). The number of nitrogens with zero attached hydrogens (tertiary/aromatic N) is 5. The molecule has 0 unspecified atom stereocenters. The normalized spacial score (nSPS) is 11.5. The van der Waals surface area contributed by atoms with Crippen molar-refractivity contribution in [3.63, 3.8) is 0 Å². The highest BCUT2D eigenvalue weighted by Crippen LogP contribution is 2.40. The van der Waals surface area contributed by atoms with Crippen LogP contribution >= 0.6 is 0 Å². The summed E-state index contributed by atoms with van der Waals surface area (Å²) in [6.45, 7) is 0. The zero-order chi connectivity index (χ0) is 45.0. The fourth-order valence-electron chi connectivity index (χ4n) is 9.97. The molecule has 0 saturated heterocycles. The van der Waals surface area contributed by atoms with E-state index in [1.807, 2.05) is 12.1 Å². The number of fused-ring (bicyclic) bond motifs is 6. The molecule has 0 saturated carbocycles. The second-order valence-corrected chi connectivity index (χ2v) is 17.2. The number of aromatic nitrogens is 5. The van der Waals surface area contributed by atoms with Crippen molar-refractivity contribution in [1.29, 1.82) is 0 Å². The molecule has 5 heteroatoms. The smallest absolute Gasteiger partial charge is 0.164 e. The lowest BCUT2D eigenvalue weighted by atomic mass is 9.98. The Morgan fingerprint density at radius 1 is 0.221 bits per heavy atom. The van der Waals surface area contributed by atoms with Gasteiger partial charge in [0.15, 0.2) is 17.5 Å². The molecule has 3 aromatic heterocycles. The van der Waals surface area contributed by atoms with Crippen molar-refractivity contribution in [2.45, 2.75) is 0 Å². The van der Waals surface area contributed by atoms with Crippen molar-refractivity contribution in [3.05, 3.63) is 249 Å². The summed E-state index contributed by atoms with van der Waals surface area (Å²) in [6.07, 6.45) is 0. The van der Waals surface area contributed by atoms with Crippen molar-refractivity contribution in [3.8, 4) is 78.9 Å². The predicted molar refractivity (Wildman–Crippen MR) is 281 cm³/mol. The van der Waals surface area contributed by atoms with E-state index in [9.17, 15) is 0 Å². The van der Waals surface area contributed by atoms with E-state index in [4.69, 9.17) is 15.0 Å². The van der Waals surface area contributed by atoms with Crippen molar-refractivity contribution in [2.24, 2.45) is 0 Å².